The minimum absolute atomic E-state index is 0.0114. The van der Waals surface area contributed by atoms with Crippen molar-refractivity contribution in [2.24, 2.45) is 0 Å². The van der Waals surface area contributed by atoms with Crippen LogP contribution in [0.5, 0.6) is 5.75 Å². The van der Waals surface area contributed by atoms with Gasteiger partial charge in [-0.05, 0) is 18.2 Å². The lowest BCUT2D eigenvalue weighted by molar-refractivity contribution is 0.414. The Hall–Kier alpha value is -1.98. The molecule has 108 valence electrons. The Labute approximate surface area is 129 Å². The van der Waals surface area contributed by atoms with E-state index in [4.69, 9.17) is 33.7 Å². The van der Waals surface area contributed by atoms with Crippen molar-refractivity contribution in [1.82, 2.24) is 9.55 Å². The summed E-state index contributed by atoms with van der Waals surface area (Å²) in [6, 6.07) is 7.83. The van der Waals surface area contributed by atoms with Crippen molar-refractivity contribution >= 4 is 40.2 Å². The van der Waals surface area contributed by atoms with Crippen LogP contribution in [0.25, 0.3) is 16.7 Å². The molecule has 1 aromatic heterocycles. The zero-order chi connectivity index (χ0) is 15.1. The normalized spacial score (nSPS) is 11.0. The lowest BCUT2D eigenvalue weighted by atomic mass is 10.2. The highest BCUT2D eigenvalue weighted by molar-refractivity contribution is 6.33. The van der Waals surface area contributed by atoms with Gasteiger partial charge < -0.3 is 10.5 Å². The molecule has 0 bridgehead atoms. The number of fused-ring (bicyclic) bond motifs is 1. The maximum absolute atomic E-state index is 13.5. The molecule has 0 atom stereocenters. The van der Waals surface area contributed by atoms with Gasteiger partial charge in [0.05, 0.1) is 33.9 Å². The third-order valence-corrected chi connectivity index (χ3v) is 3.73. The molecule has 4 nitrogen and oxygen atoms in total. The summed E-state index contributed by atoms with van der Waals surface area (Å²) in [5.41, 5.74) is 7.48. The number of imidazole rings is 1. The van der Waals surface area contributed by atoms with Gasteiger partial charge in [0, 0.05) is 12.1 Å². The van der Waals surface area contributed by atoms with E-state index in [-0.39, 0.29) is 11.0 Å². The minimum Gasteiger partial charge on any atom is -0.497 e. The summed E-state index contributed by atoms with van der Waals surface area (Å²) in [6.45, 7) is 0. The number of anilines is 1. The Kier molecular flexibility index (Phi) is 3.39. The van der Waals surface area contributed by atoms with Crippen LogP contribution in [0, 0.1) is 5.82 Å². The van der Waals surface area contributed by atoms with E-state index >= 15 is 0 Å². The second-order valence-electron chi connectivity index (χ2n) is 4.38. The van der Waals surface area contributed by atoms with Crippen molar-refractivity contribution in [2.45, 2.75) is 0 Å². The van der Waals surface area contributed by atoms with E-state index in [1.54, 1.807) is 29.9 Å². The Morgan fingerprint density at radius 1 is 1.19 bits per heavy atom. The zero-order valence-electron chi connectivity index (χ0n) is 10.9. The monoisotopic (exact) mass is 325 g/mol. The maximum atomic E-state index is 13.5. The SMILES string of the molecule is COc1ccc(Cl)c(-n2c(N)nc3cc(F)c(Cl)cc32)c1. The molecule has 1 heterocycles. The van der Waals surface area contributed by atoms with Crippen LogP contribution in [-0.4, -0.2) is 16.7 Å². The lowest BCUT2D eigenvalue weighted by Crippen LogP contribution is -2.01. The number of aromatic nitrogens is 2. The molecule has 0 unspecified atom stereocenters. The summed E-state index contributed by atoms with van der Waals surface area (Å²) < 4.78 is 20.3. The summed E-state index contributed by atoms with van der Waals surface area (Å²) in [6.07, 6.45) is 0. The fourth-order valence-electron chi connectivity index (χ4n) is 2.14. The molecule has 0 aliphatic heterocycles. The van der Waals surface area contributed by atoms with Crippen molar-refractivity contribution in [1.29, 1.82) is 0 Å². The van der Waals surface area contributed by atoms with Crippen molar-refractivity contribution in [3.05, 3.63) is 46.2 Å². The van der Waals surface area contributed by atoms with Gasteiger partial charge in [-0.2, -0.15) is 0 Å². The molecule has 0 radical (unpaired) electrons. The highest BCUT2D eigenvalue weighted by Gasteiger charge is 2.15. The number of nitrogens with zero attached hydrogens (tertiary/aromatic N) is 2. The summed E-state index contributed by atoms with van der Waals surface area (Å²) in [7, 11) is 1.55. The molecule has 3 aromatic rings. The number of hydrogen-bond donors (Lipinski definition) is 1. The number of rotatable bonds is 2. The van der Waals surface area contributed by atoms with Crippen LogP contribution < -0.4 is 10.5 Å². The first-order valence-electron chi connectivity index (χ1n) is 5.98. The fraction of sp³-hybridized carbons (Fsp3) is 0.0714. The van der Waals surface area contributed by atoms with E-state index in [0.29, 0.717) is 27.5 Å². The first-order chi connectivity index (χ1) is 10.0. The number of nitrogen functional groups attached to an aromatic ring is 1. The second-order valence-corrected chi connectivity index (χ2v) is 5.19. The Morgan fingerprint density at radius 2 is 1.95 bits per heavy atom. The van der Waals surface area contributed by atoms with Gasteiger partial charge in [-0.15, -0.1) is 0 Å². The van der Waals surface area contributed by atoms with Crippen LogP contribution in [0.2, 0.25) is 10.0 Å². The Morgan fingerprint density at radius 3 is 2.67 bits per heavy atom. The average molecular weight is 326 g/mol. The van der Waals surface area contributed by atoms with Crippen LogP contribution >= 0.6 is 23.2 Å². The second kappa shape index (κ2) is 5.09. The van der Waals surface area contributed by atoms with E-state index in [1.807, 2.05) is 0 Å². The molecular formula is C14H10Cl2FN3O. The molecule has 0 amide bonds. The van der Waals surface area contributed by atoms with Gasteiger partial charge in [-0.25, -0.2) is 9.37 Å². The van der Waals surface area contributed by atoms with E-state index < -0.39 is 5.82 Å². The highest BCUT2D eigenvalue weighted by atomic mass is 35.5. The minimum atomic E-state index is -0.550. The molecule has 0 aliphatic carbocycles. The van der Waals surface area contributed by atoms with Gasteiger partial charge in [-0.3, -0.25) is 4.57 Å². The standard InChI is InChI=1S/C14H10Cl2FN3O/c1-21-7-2-3-8(15)12(4-7)20-13-5-9(16)10(17)6-11(13)19-14(20)18/h2-6H,1H3,(H2,18,19). The van der Waals surface area contributed by atoms with Crippen molar-refractivity contribution in [2.75, 3.05) is 12.8 Å². The third-order valence-electron chi connectivity index (χ3n) is 3.12. The summed E-state index contributed by atoms with van der Waals surface area (Å²) in [5, 5.41) is 0.449. The number of hydrogen-bond acceptors (Lipinski definition) is 3. The highest BCUT2D eigenvalue weighted by Crippen LogP contribution is 2.32. The molecule has 0 spiro atoms. The molecule has 2 N–H and O–H groups in total. The first kappa shape index (κ1) is 14.0. The number of nitrogens with two attached hydrogens (primary N) is 1. The number of halogens is 3. The molecule has 0 saturated heterocycles. The number of ether oxygens (including phenoxy) is 1. The van der Waals surface area contributed by atoms with Crippen LogP contribution in [0.1, 0.15) is 0 Å². The van der Waals surface area contributed by atoms with E-state index in [0.717, 1.165) is 0 Å². The van der Waals surface area contributed by atoms with Gasteiger partial charge in [0.2, 0.25) is 5.95 Å². The molecule has 0 fully saturated rings. The van der Waals surface area contributed by atoms with E-state index in [2.05, 4.69) is 4.98 Å². The van der Waals surface area contributed by atoms with Crippen molar-refractivity contribution in [3.63, 3.8) is 0 Å². The Bertz CT molecular complexity index is 848. The number of benzene rings is 2. The summed E-state index contributed by atoms with van der Waals surface area (Å²) in [4.78, 5) is 4.13. The van der Waals surface area contributed by atoms with Gasteiger partial charge in [-0.1, -0.05) is 23.2 Å². The van der Waals surface area contributed by atoms with Crippen molar-refractivity contribution < 1.29 is 9.13 Å². The largest absolute Gasteiger partial charge is 0.497 e. The molecule has 0 aliphatic rings. The van der Waals surface area contributed by atoms with Gasteiger partial charge >= 0.3 is 0 Å². The molecule has 3 rings (SSSR count). The van der Waals surface area contributed by atoms with Crippen molar-refractivity contribution in [3.8, 4) is 11.4 Å². The van der Waals surface area contributed by atoms with Gasteiger partial charge in [0.1, 0.15) is 11.6 Å². The third kappa shape index (κ3) is 2.28. The van der Waals surface area contributed by atoms with Crippen LogP contribution in [-0.2, 0) is 0 Å². The summed E-state index contributed by atoms with van der Waals surface area (Å²) >= 11 is 12.1. The van der Waals surface area contributed by atoms with E-state index in [9.17, 15) is 4.39 Å². The average Bonchev–Trinajstić information content (AvgIpc) is 2.75. The smallest absolute Gasteiger partial charge is 0.205 e. The first-order valence-corrected chi connectivity index (χ1v) is 6.73. The van der Waals surface area contributed by atoms with Crippen LogP contribution in [0.3, 0.4) is 0 Å². The number of methoxy groups -OCH3 is 1. The predicted octanol–water partition coefficient (Wildman–Crippen LogP) is 4.06. The quantitative estimate of drug-likeness (QED) is 0.772. The zero-order valence-corrected chi connectivity index (χ0v) is 12.4. The molecule has 0 saturated carbocycles. The molecule has 21 heavy (non-hydrogen) atoms. The molecular weight excluding hydrogens is 316 g/mol. The molecule has 7 heteroatoms. The predicted molar refractivity (Wildman–Crippen MR) is 82.0 cm³/mol. The van der Waals surface area contributed by atoms with Crippen LogP contribution in [0.4, 0.5) is 10.3 Å². The van der Waals surface area contributed by atoms with E-state index in [1.165, 1.54) is 12.1 Å². The van der Waals surface area contributed by atoms with Crippen LogP contribution in [0.15, 0.2) is 30.3 Å². The summed E-state index contributed by atoms with van der Waals surface area (Å²) in [5.74, 6) is 0.247. The van der Waals surface area contributed by atoms with Gasteiger partial charge in [0.15, 0.2) is 0 Å². The molecule has 2 aromatic carbocycles. The Balaban J connectivity index is 2.34. The lowest BCUT2D eigenvalue weighted by Gasteiger charge is -2.10. The van der Waals surface area contributed by atoms with Gasteiger partial charge in [0.25, 0.3) is 0 Å². The topological polar surface area (TPSA) is 53.1 Å². The maximum Gasteiger partial charge on any atom is 0.205 e. The fourth-order valence-corrected chi connectivity index (χ4v) is 2.50.